The van der Waals surface area contributed by atoms with Gasteiger partial charge in [-0.25, -0.2) is 4.79 Å². The third-order valence-corrected chi connectivity index (χ3v) is 2.12. The molecule has 18 heavy (non-hydrogen) atoms. The lowest BCUT2D eigenvalue weighted by molar-refractivity contribution is 0.151. The Labute approximate surface area is 113 Å². The highest BCUT2D eigenvalue weighted by atomic mass is 35.5. The van der Waals surface area contributed by atoms with Crippen LogP contribution in [0.3, 0.4) is 0 Å². The molecule has 5 nitrogen and oxygen atoms in total. The van der Waals surface area contributed by atoms with Gasteiger partial charge in [0.2, 0.25) is 0 Å². The van der Waals surface area contributed by atoms with E-state index in [0.717, 1.165) is 0 Å². The molecule has 0 atom stereocenters. The average molecular weight is 275 g/mol. The predicted octanol–water partition coefficient (Wildman–Crippen LogP) is 2.23. The molecule has 1 aromatic rings. The Hall–Kier alpha value is -1.46. The van der Waals surface area contributed by atoms with E-state index in [1.165, 1.54) is 0 Å². The van der Waals surface area contributed by atoms with E-state index in [4.69, 9.17) is 9.47 Å². The molecule has 0 aliphatic rings. The number of rotatable bonds is 5. The van der Waals surface area contributed by atoms with Crippen LogP contribution in [0.1, 0.15) is 0 Å². The summed E-state index contributed by atoms with van der Waals surface area (Å²) in [5.74, 6) is 0.608. The van der Waals surface area contributed by atoms with Crippen molar-refractivity contribution in [1.29, 1.82) is 0 Å². The molecular weight excluding hydrogens is 256 g/mol. The van der Waals surface area contributed by atoms with Crippen LogP contribution in [-0.2, 0) is 4.74 Å². The molecule has 0 saturated heterocycles. The minimum Gasteiger partial charge on any atom is -0.495 e. The van der Waals surface area contributed by atoms with E-state index in [1.54, 1.807) is 19.2 Å². The normalized spacial score (nSPS) is 9.56. The predicted molar refractivity (Wildman–Crippen MR) is 73.8 cm³/mol. The number of hydrogen-bond donors (Lipinski definition) is 1. The van der Waals surface area contributed by atoms with Crippen LogP contribution in [0.2, 0.25) is 0 Å². The van der Waals surface area contributed by atoms with Crippen molar-refractivity contribution in [2.45, 2.75) is 0 Å². The lowest BCUT2D eigenvalue weighted by Crippen LogP contribution is -2.22. The fourth-order valence-corrected chi connectivity index (χ4v) is 1.21. The zero-order chi connectivity index (χ0) is 12.7. The van der Waals surface area contributed by atoms with Gasteiger partial charge in [-0.15, -0.1) is 12.4 Å². The lowest BCUT2D eigenvalue weighted by Gasteiger charge is -2.12. The average Bonchev–Trinajstić information content (AvgIpc) is 2.29. The van der Waals surface area contributed by atoms with Gasteiger partial charge >= 0.3 is 6.09 Å². The summed E-state index contributed by atoms with van der Waals surface area (Å²) in [6.07, 6.45) is -0.476. The summed E-state index contributed by atoms with van der Waals surface area (Å²) in [4.78, 5) is 13.4. The minimum absolute atomic E-state index is 0. The van der Waals surface area contributed by atoms with Crippen molar-refractivity contribution in [3.05, 3.63) is 24.3 Å². The second-order valence-corrected chi connectivity index (χ2v) is 3.76. The lowest BCUT2D eigenvalue weighted by atomic mass is 10.3. The van der Waals surface area contributed by atoms with E-state index in [0.29, 0.717) is 24.6 Å². The number of halogens is 1. The first kappa shape index (κ1) is 16.5. The van der Waals surface area contributed by atoms with Crippen molar-refractivity contribution in [2.24, 2.45) is 0 Å². The van der Waals surface area contributed by atoms with Gasteiger partial charge in [0, 0.05) is 6.54 Å². The molecule has 0 bridgehead atoms. The first-order chi connectivity index (χ1) is 8.13. The Morgan fingerprint density at radius 1 is 1.33 bits per heavy atom. The number of amides is 1. The van der Waals surface area contributed by atoms with E-state index in [1.807, 2.05) is 31.1 Å². The van der Waals surface area contributed by atoms with Gasteiger partial charge < -0.3 is 14.4 Å². The van der Waals surface area contributed by atoms with E-state index in [2.05, 4.69) is 5.32 Å². The molecule has 0 spiro atoms. The number of carbonyl (C=O) groups is 1. The van der Waals surface area contributed by atoms with Crippen molar-refractivity contribution in [1.82, 2.24) is 4.90 Å². The zero-order valence-corrected chi connectivity index (χ0v) is 11.6. The Bertz CT molecular complexity index is 372. The summed E-state index contributed by atoms with van der Waals surface area (Å²) in [7, 11) is 5.39. The van der Waals surface area contributed by atoms with Crippen LogP contribution >= 0.6 is 12.4 Å². The highest BCUT2D eigenvalue weighted by molar-refractivity contribution is 5.86. The SMILES string of the molecule is COc1ccccc1NC(=O)OCCN(C)C.Cl. The summed E-state index contributed by atoms with van der Waals surface area (Å²) in [6.45, 7) is 1.05. The molecule has 1 N–H and O–H groups in total. The molecule has 0 aliphatic carbocycles. The van der Waals surface area contributed by atoms with Crippen molar-refractivity contribution in [3.8, 4) is 5.75 Å². The maximum Gasteiger partial charge on any atom is 0.411 e. The Morgan fingerprint density at radius 2 is 2.00 bits per heavy atom. The quantitative estimate of drug-likeness (QED) is 0.895. The van der Waals surface area contributed by atoms with Gasteiger partial charge in [-0.1, -0.05) is 12.1 Å². The number of nitrogens with zero attached hydrogens (tertiary/aromatic N) is 1. The van der Waals surface area contributed by atoms with E-state index in [-0.39, 0.29) is 12.4 Å². The van der Waals surface area contributed by atoms with Gasteiger partial charge in [0.25, 0.3) is 0 Å². The number of methoxy groups -OCH3 is 1. The summed E-state index contributed by atoms with van der Waals surface area (Å²) in [6, 6.07) is 7.18. The second kappa shape index (κ2) is 8.60. The monoisotopic (exact) mass is 274 g/mol. The first-order valence-corrected chi connectivity index (χ1v) is 5.35. The summed E-state index contributed by atoms with van der Waals surface area (Å²) < 4.78 is 10.1. The minimum atomic E-state index is -0.476. The zero-order valence-electron chi connectivity index (χ0n) is 10.8. The van der Waals surface area contributed by atoms with Gasteiger partial charge in [-0.3, -0.25) is 5.32 Å². The molecule has 1 amide bonds. The maximum absolute atomic E-state index is 11.5. The largest absolute Gasteiger partial charge is 0.495 e. The van der Waals surface area contributed by atoms with E-state index < -0.39 is 6.09 Å². The molecule has 0 saturated carbocycles. The molecule has 0 heterocycles. The second-order valence-electron chi connectivity index (χ2n) is 3.76. The fourth-order valence-electron chi connectivity index (χ4n) is 1.21. The van der Waals surface area contributed by atoms with Crippen LogP contribution < -0.4 is 10.1 Å². The van der Waals surface area contributed by atoms with Crippen LogP contribution in [0.4, 0.5) is 10.5 Å². The molecular formula is C12H19ClN2O3. The number of likely N-dealkylation sites (N-methyl/N-ethyl adjacent to an activating group) is 1. The molecule has 1 aromatic carbocycles. The van der Waals surface area contributed by atoms with Gasteiger partial charge in [0.1, 0.15) is 12.4 Å². The van der Waals surface area contributed by atoms with E-state index in [9.17, 15) is 4.79 Å². The number of carbonyl (C=O) groups excluding carboxylic acids is 1. The molecule has 0 radical (unpaired) electrons. The van der Waals surface area contributed by atoms with Crippen molar-refractivity contribution in [3.63, 3.8) is 0 Å². The topological polar surface area (TPSA) is 50.8 Å². The Balaban J connectivity index is 0.00000289. The van der Waals surface area contributed by atoms with Crippen LogP contribution in [0.25, 0.3) is 0 Å². The smallest absolute Gasteiger partial charge is 0.411 e. The van der Waals surface area contributed by atoms with Gasteiger partial charge in [0.15, 0.2) is 0 Å². The van der Waals surface area contributed by atoms with Crippen LogP contribution in [0, 0.1) is 0 Å². The number of nitrogens with one attached hydrogen (secondary N) is 1. The van der Waals surface area contributed by atoms with Crippen LogP contribution in [0.15, 0.2) is 24.3 Å². The molecule has 0 fully saturated rings. The van der Waals surface area contributed by atoms with Gasteiger partial charge in [-0.2, -0.15) is 0 Å². The third kappa shape index (κ3) is 5.75. The van der Waals surface area contributed by atoms with Gasteiger partial charge in [0.05, 0.1) is 12.8 Å². The fraction of sp³-hybridized carbons (Fsp3) is 0.417. The highest BCUT2D eigenvalue weighted by Crippen LogP contribution is 2.22. The number of hydrogen-bond acceptors (Lipinski definition) is 4. The van der Waals surface area contributed by atoms with E-state index >= 15 is 0 Å². The highest BCUT2D eigenvalue weighted by Gasteiger charge is 2.07. The maximum atomic E-state index is 11.5. The first-order valence-electron chi connectivity index (χ1n) is 5.35. The molecule has 0 aromatic heterocycles. The third-order valence-electron chi connectivity index (χ3n) is 2.12. The molecule has 0 unspecified atom stereocenters. The van der Waals surface area contributed by atoms with Crippen molar-refractivity contribution >= 4 is 24.2 Å². The Morgan fingerprint density at radius 3 is 2.61 bits per heavy atom. The molecule has 1 rings (SSSR count). The van der Waals surface area contributed by atoms with Gasteiger partial charge in [-0.05, 0) is 26.2 Å². The Kier molecular flexibility index (Phi) is 7.91. The summed E-state index contributed by atoms with van der Waals surface area (Å²) in [5, 5.41) is 2.63. The van der Waals surface area contributed by atoms with Crippen molar-refractivity contribution in [2.75, 3.05) is 39.7 Å². The molecule has 6 heteroatoms. The van der Waals surface area contributed by atoms with Crippen molar-refractivity contribution < 1.29 is 14.3 Å². The number of para-hydroxylation sites is 2. The molecule has 102 valence electrons. The molecule has 0 aliphatic heterocycles. The standard InChI is InChI=1S/C12H18N2O3.ClH/c1-14(2)8-9-17-12(15)13-10-6-4-5-7-11(10)16-3;/h4-7H,8-9H2,1-3H3,(H,13,15);1H. The summed E-state index contributed by atoms with van der Waals surface area (Å²) in [5.41, 5.74) is 0.602. The number of benzene rings is 1. The number of anilines is 1. The summed E-state index contributed by atoms with van der Waals surface area (Å²) >= 11 is 0. The van der Waals surface area contributed by atoms with Crippen LogP contribution in [0.5, 0.6) is 5.75 Å². The number of ether oxygens (including phenoxy) is 2. The van der Waals surface area contributed by atoms with Crippen LogP contribution in [-0.4, -0.2) is 45.3 Å².